The molecule has 0 heterocycles. The quantitative estimate of drug-likeness (QED) is 0.413. The third-order valence-corrected chi connectivity index (χ3v) is 7.17. The predicted molar refractivity (Wildman–Crippen MR) is 111 cm³/mol. The second-order valence-electron chi connectivity index (χ2n) is 10.0. The molecule has 0 spiro atoms. The lowest BCUT2D eigenvalue weighted by Crippen LogP contribution is -2.53. The van der Waals surface area contributed by atoms with Crippen LogP contribution in [-0.2, 0) is 8.85 Å². The highest BCUT2D eigenvalue weighted by Gasteiger charge is 2.67. The molecule has 1 aliphatic carbocycles. The Balaban J connectivity index is 3.32. The highest BCUT2D eigenvalue weighted by molar-refractivity contribution is 9.09. The fourth-order valence-electron chi connectivity index (χ4n) is 4.16. The van der Waals surface area contributed by atoms with Crippen LogP contribution in [-0.4, -0.2) is 35.6 Å². The van der Waals surface area contributed by atoms with Gasteiger partial charge >= 0.3 is 0 Å². The molecule has 3 unspecified atom stereocenters. The summed E-state index contributed by atoms with van der Waals surface area (Å²) < 4.78 is 13.4. The molecule has 0 amide bonds. The van der Waals surface area contributed by atoms with Crippen molar-refractivity contribution in [2.75, 3.05) is 5.33 Å². The lowest BCUT2D eigenvalue weighted by Gasteiger charge is -2.48. The number of rotatable bonds is 7. The first kappa shape index (κ1) is 21.9. The summed E-state index contributed by atoms with van der Waals surface area (Å²) in [6.45, 7) is 23.2. The van der Waals surface area contributed by atoms with E-state index in [4.69, 9.17) is 8.85 Å². The summed E-state index contributed by atoms with van der Waals surface area (Å²) in [6.07, 6.45) is 1.78. The minimum atomic E-state index is -1.12. The Hall–Kier alpha value is 0.834. The molecule has 1 rings (SSSR count). The fourth-order valence-corrected chi connectivity index (χ4v) is 7.41. The second kappa shape index (κ2) is 7.60. The molecule has 0 aromatic carbocycles. The van der Waals surface area contributed by atoms with Gasteiger partial charge in [-0.2, -0.15) is 0 Å². The number of hydrogen-bond donors (Lipinski definition) is 0. The molecule has 0 aromatic rings. The monoisotopic (exact) mass is 422 g/mol. The minimum Gasteiger partial charge on any atom is -0.416 e. The number of halogens is 1. The molecule has 5 heteroatoms. The molecule has 138 valence electrons. The van der Waals surface area contributed by atoms with Crippen LogP contribution in [0, 0.1) is 22.2 Å². The largest absolute Gasteiger partial charge is 0.416 e. The molecule has 2 nitrogen and oxygen atoms in total. The van der Waals surface area contributed by atoms with Crippen molar-refractivity contribution in [1.29, 1.82) is 0 Å². The first-order valence-electron chi connectivity index (χ1n) is 9.13. The van der Waals surface area contributed by atoms with Gasteiger partial charge in [-0.05, 0) is 49.4 Å². The first-order chi connectivity index (χ1) is 10.3. The smallest absolute Gasteiger partial charge is 0.171 e. The fraction of sp³-hybridized carbons (Fsp3) is 1.00. The Labute approximate surface area is 156 Å². The van der Waals surface area contributed by atoms with E-state index in [1.54, 1.807) is 0 Å². The van der Waals surface area contributed by atoms with Gasteiger partial charge < -0.3 is 8.85 Å². The van der Waals surface area contributed by atoms with E-state index in [0.717, 1.165) is 5.33 Å². The SMILES string of the molecule is C[SiH](C)OC(C(C)(C)C)C1(C(O[SiH](C)C)C(C)(C)C)CC1CBr. The highest BCUT2D eigenvalue weighted by atomic mass is 79.9. The normalized spacial score (nSPS) is 28.3. The maximum absolute atomic E-state index is 6.69. The molecular weight excluding hydrogens is 384 g/mol. The van der Waals surface area contributed by atoms with Crippen molar-refractivity contribution in [3.63, 3.8) is 0 Å². The predicted octanol–water partition coefficient (Wildman–Crippen LogP) is 5.22. The maximum Gasteiger partial charge on any atom is 0.171 e. The van der Waals surface area contributed by atoms with Gasteiger partial charge in [-0.1, -0.05) is 57.5 Å². The van der Waals surface area contributed by atoms with E-state index in [2.05, 4.69) is 83.7 Å². The molecule has 0 aliphatic heterocycles. The van der Waals surface area contributed by atoms with E-state index in [0.29, 0.717) is 5.92 Å². The van der Waals surface area contributed by atoms with Crippen LogP contribution in [0.3, 0.4) is 0 Å². The molecule has 1 saturated carbocycles. The lowest BCUT2D eigenvalue weighted by atomic mass is 9.69. The van der Waals surface area contributed by atoms with Crippen LogP contribution in [0.2, 0.25) is 26.2 Å². The second-order valence-corrected chi connectivity index (χ2v) is 15.4. The summed E-state index contributed by atoms with van der Waals surface area (Å²) >= 11 is 3.77. The molecule has 0 radical (unpaired) electrons. The van der Waals surface area contributed by atoms with Crippen molar-refractivity contribution in [3.05, 3.63) is 0 Å². The van der Waals surface area contributed by atoms with E-state index in [1.165, 1.54) is 6.42 Å². The van der Waals surface area contributed by atoms with Crippen LogP contribution in [0.4, 0.5) is 0 Å². The third kappa shape index (κ3) is 5.16. The van der Waals surface area contributed by atoms with Gasteiger partial charge in [0.05, 0.1) is 12.2 Å². The summed E-state index contributed by atoms with van der Waals surface area (Å²) in [4.78, 5) is 0. The Morgan fingerprint density at radius 3 is 1.43 bits per heavy atom. The van der Waals surface area contributed by atoms with Crippen molar-refractivity contribution in [2.24, 2.45) is 22.2 Å². The molecule has 0 saturated heterocycles. The van der Waals surface area contributed by atoms with Gasteiger partial charge in [0, 0.05) is 10.7 Å². The van der Waals surface area contributed by atoms with Gasteiger partial charge in [0.25, 0.3) is 0 Å². The molecule has 3 atom stereocenters. The van der Waals surface area contributed by atoms with Crippen LogP contribution in [0.15, 0.2) is 0 Å². The summed E-state index contributed by atoms with van der Waals surface area (Å²) in [5, 5.41) is 1.05. The Morgan fingerprint density at radius 2 is 1.26 bits per heavy atom. The van der Waals surface area contributed by atoms with E-state index in [1.807, 2.05) is 0 Å². The Kier molecular flexibility index (Phi) is 7.23. The molecule has 1 aliphatic rings. The van der Waals surface area contributed by atoms with E-state index < -0.39 is 18.1 Å². The van der Waals surface area contributed by atoms with Crippen molar-refractivity contribution in [1.82, 2.24) is 0 Å². The lowest BCUT2D eigenvalue weighted by molar-refractivity contribution is -0.0805. The summed E-state index contributed by atoms with van der Waals surface area (Å²) in [7, 11) is -2.23. The molecule has 1 fully saturated rings. The minimum absolute atomic E-state index is 0.138. The van der Waals surface area contributed by atoms with Crippen LogP contribution >= 0.6 is 15.9 Å². The van der Waals surface area contributed by atoms with Gasteiger partial charge in [-0.15, -0.1) is 0 Å². The van der Waals surface area contributed by atoms with Gasteiger partial charge in [-0.25, -0.2) is 0 Å². The van der Waals surface area contributed by atoms with Crippen LogP contribution < -0.4 is 0 Å². The third-order valence-electron chi connectivity index (χ3n) is 4.75. The summed E-state index contributed by atoms with van der Waals surface area (Å²) in [5.41, 5.74) is 0.438. The first-order valence-corrected chi connectivity index (χ1v) is 15.8. The molecule has 0 bridgehead atoms. The number of hydrogen-bond acceptors (Lipinski definition) is 2. The standard InChI is InChI=1S/C18H39BrO2Si2/c1-16(2,3)14(20-22(7)8)18(11-13(18)12-19)15(17(4,5)6)21-23(9)10/h13-15,22-23H,11-12H2,1-10H3. The molecule has 0 N–H and O–H groups in total. The molecule has 0 aromatic heterocycles. The van der Waals surface area contributed by atoms with Gasteiger partial charge in [0.1, 0.15) is 0 Å². The van der Waals surface area contributed by atoms with Gasteiger partial charge in [0.15, 0.2) is 18.1 Å². The number of alkyl halides is 1. The van der Waals surface area contributed by atoms with Crippen molar-refractivity contribution in [2.45, 2.75) is 86.4 Å². The van der Waals surface area contributed by atoms with Crippen LogP contribution in [0.25, 0.3) is 0 Å². The highest BCUT2D eigenvalue weighted by Crippen LogP contribution is 2.66. The van der Waals surface area contributed by atoms with Crippen LogP contribution in [0.1, 0.15) is 48.0 Å². The zero-order valence-electron chi connectivity index (χ0n) is 17.0. The maximum atomic E-state index is 6.69. The topological polar surface area (TPSA) is 18.5 Å². The van der Waals surface area contributed by atoms with Crippen LogP contribution in [0.5, 0.6) is 0 Å². The molecule has 23 heavy (non-hydrogen) atoms. The summed E-state index contributed by atoms with van der Waals surface area (Å²) in [5.74, 6) is 0.663. The zero-order chi connectivity index (χ0) is 18.2. The van der Waals surface area contributed by atoms with E-state index in [9.17, 15) is 0 Å². The zero-order valence-corrected chi connectivity index (χ0v) is 20.9. The van der Waals surface area contributed by atoms with E-state index in [-0.39, 0.29) is 28.5 Å². The van der Waals surface area contributed by atoms with Crippen molar-refractivity contribution in [3.8, 4) is 0 Å². The summed E-state index contributed by atoms with van der Waals surface area (Å²) in [6, 6.07) is 0. The van der Waals surface area contributed by atoms with E-state index >= 15 is 0 Å². The average molecular weight is 424 g/mol. The van der Waals surface area contributed by atoms with Gasteiger partial charge in [-0.3, -0.25) is 0 Å². The molecular formula is C18H39BrO2Si2. The Bertz CT molecular complexity index is 357. The Morgan fingerprint density at radius 1 is 0.913 bits per heavy atom. The van der Waals surface area contributed by atoms with Crippen molar-refractivity contribution >= 4 is 34.0 Å². The van der Waals surface area contributed by atoms with Gasteiger partial charge in [0.2, 0.25) is 0 Å². The average Bonchev–Trinajstić information content (AvgIpc) is 3.05. The van der Waals surface area contributed by atoms with Crippen molar-refractivity contribution < 1.29 is 8.85 Å².